The molecule has 0 saturated carbocycles. The van der Waals surface area contributed by atoms with E-state index in [1.807, 2.05) is 20.8 Å². The van der Waals surface area contributed by atoms with Crippen LogP contribution in [-0.4, -0.2) is 24.8 Å². The van der Waals surface area contributed by atoms with Crippen LogP contribution in [0.15, 0.2) is 24.3 Å². The molecule has 1 saturated heterocycles. The van der Waals surface area contributed by atoms with Gasteiger partial charge in [0.15, 0.2) is 0 Å². The molecule has 1 amide bonds. The number of hydrogen-bond donors (Lipinski definition) is 2. The van der Waals surface area contributed by atoms with Crippen LogP contribution in [-0.2, 0) is 11.3 Å². The van der Waals surface area contributed by atoms with E-state index in [0.717, 1.165) is 18.7 Å². The number of ether oxygens (including phenoxy) is 1. The topological polar surface area (TPSA) is 50.4 Å². The van der Waals surface area contributed by atoms with Gasteiger partial charge in [-0.25, -0.2) is 4.79 Å². The molecule has 0 radical (unpaired) electrons. The van der Waals surface area contributed by atoms with Gasteiger partial charge in [0.25, 0.3) is 0 Å². The van der Waals surface area contributed by atoms with Gasteiger partial charge in [0, 0.05) is 6.54 Å². The summed E-state index contributed by atoms with van der Waals surface area (Å²) < 4.78 is 5.22. The molecule has 1 fully saturated rings. The lowest BCUT2D eigenvalue weighted by Crippen LogP contribution is -2.32. The highest BCUT2D eigenvalue weighted by Crippen LogP contribution is 2.25. The molecule has 116 valence electrons. The van der Waals surface area contributed by atoms with Crippen LogP contribution in [0.2, 0.25) is 0 Å². The lowest BCUT2D eigenvalue weighted by atomic mass is 9.90. The highest BCUT2D eigenvalue weighted by Gasteiger charge is 2.16. The van der Waals surface area contributed by atoms with Gasteiger partial charge in [-0.05, 0) is 63.7 Å². The average Bonchev–Trinajstić information content (AvgIpc) is 2.45. The number of nitrogens with one attached hydrogen (secondary N) is 2. The van der Waals surface area contributed by atoms with Crippen molar-refractivity contribution >= 4 is 6.09 Å². The van der Waals surface area contributed by atoms with Gasteiger partial charge >= 0.3 is 6.09 Å². The van der Waals surface area contributed by atoms with Crippen molar-refractivity contribution in [1.82, 2.24) is 10.6 Å². The maximum absolute atomic E-state index is 11.6. The van der Waals surface area contributed by atoms with Crippen LogP contribution in [0.4, 0.5) is 4.79 Å². The first-order valence-corrected chi connectivity index (χ1v) is 7.70. The SMILES string of the molecule is CC(C)(C)OC(=O)NCc1ccc(C2CCNCC2)cc1. The largest absolute Gasteiger partial charge is 0.444 e. The fraction of sp³-hybridized carbons (Fsp3) is 0.588. The number of carbonyl (C=O) groups excluding carboxylic acids is 1. The maximum atomic E-state index is 11.6. The van der Waals surface area contributed by atoms with Crippen molar-refractivity contribution in [2.75, 3.05) is 13.1 Å². The first-order chi connectivity index (χ1) is 9.94. The molecule has 4 heteroatoms. The van der Waals surface area contributed by atoms with Gasteiger partial charge in [0.05, 0.1) is 0 Å². The van der Waals surface area contributed by atoms with Gasteiger partial charge in [-0.1, -0.05) is 24.3 Å². The fourth-order valence-corrected chi connectivity index (χ4v) is 2.55. The van der Waals surface area contributed by atoms with Crippen molar-refractivity contribution in [2.45, 2.75) is 51.7 Å². The van der Waals surface area contributed by atoms with Gasteiger partial charge in [-0.3, -0.25) is 0 Å². The minimum absolute atomic E-state index is 0.370. The summed E-state index contributed by atoms with van der Waals surface area (Å²) in [7, 11) is 0. The molecule has 0 unspecified atom stereocenters. The van der Waals surface area contributed by atoms with Crippen LogP contribution in [0.1, 0.15) is 50.7 Å². The van der Waals surface area contributed by atoms with E-state index < -0.39 is 5.60 Å². The van der Waals surface area contributed by atoms with Crippen LogP contribution in [0.3, 0.4) is 0 Å². The summed E-state index contributed by atoms with van der Waals surface area (Å²) in [6.45, 7) is 8.29. The van der Waals surface area contributed by atoms with E-state index >= 15 is 0 Å². The first kappa shape index (κ1) is 15.8. The van der Waals surface area contributed by atoms with E-state index in [9.17, 15) is 4.79 Å². The monoisotopic (exact) mass is 290 g/mol. The molecule has 0 atom stereocenters. The normalized spacial score (nSPS) is 16.5. The molecule has 1 aromatic carbocycles. The van der Waals surface area contributed by atoms with Crippen LogP contribution < -0.4 is 10.6 Å². The van der Waals surface area contributed by atoms with Crippen molar-refractivity contribution in [3.05, 3.63) is 35.4 Å². The van der Waals surface area contributed by atoms with Crippen molar-refractivity contribution in [2.24, 2.45) is 0 Å². The summed E-state index contributed by atoms with van der Waals surface area (Å²) in [5, 5.41) is 6.17. The number of carbonyl (C=O) groups is 1. The molecule has 4 nitrogen and oxygen atoms in total. The lowest BCUT2D eigenvalue weighted by molar-refractivity contribution is 0.0523. The van der Waals surface area contributed by atoms with Crippen LogP contribution in [0.25, 0.3) is 0 Å². The number of piperidine rings is 1. The van der Waals surface area contributed by atoms with Crippen LogP contribution >= 0.6 is 0 Å². The second-order valence-corrected chi connectivity index (χ2v) is 6.62. The lowest BCUT2D eigenvalue weighted by Gasteiger charge is -2.23. The first-order valence-electron chi connectivity index (χ1n) is 7.70. The molecule has 1 aliphatic heterocycles. The summed E-state index contributed by atoms with van der Waals surface area (Å²) >= 11 is 0. The zero-order valence-corrected chi connectivity index (χ0v) is 13.2. The average molecular weight is 290 g/mol. The van der Waals surface area contributed by atoms with E-state index in [-0.39, 0.29) is 6.09 Å². The molecule has 0 bridgehead atoms. The Hall–Kier alpha value is -1.55. The molecule has 0 aliphatic carbocycles. The van der Waals surface area contributed by atoms with E-state index in [2.05, 4.69) is 34.9 Å². The van der Waals surface area contributed by atoms with E-state index in [4.69, 9.17) is 4.74 Å². The highest BCUT2D eigenvalue weighted by molar-refractivity contribution is 5.67. The Balaban J connectivity index is 1.83. The highest BCUT2D eigenvalue weighted by atomic mass is 16.6. The predicted molar refractivity (Wildman–Crippen MR) is 84.4 cm³/mol. The summed E-state index contributed by atoms with van der Waals surface area (Å²) in [5.74, 6) is 0.666. The Morgan fingerprint density at radius 3 is 2.43 bits per heavy atom. The van der Waals surface area contributed by atoms with E-state index in [1.54, 1.807) is 0 Å². The maximum Gasteiger partial charge on any atom is 0.407 e. The van der Waals surface area contributed by atoms with Gasteiger partial charge in [0.1, 0.15) is 5.60 Å². The van der Waals surface area contributed by atoms with Gasteiger partial charge in [-0.2, -0.15) is 0 Å². The summed E-state index contributed by atoms with van der Waals surface area (Å²) in [6.07, 6.45) is 2.04. The van der Waals surface area contributed by atoms with Gasteiger partial charge < -0.3 is 15.4 Å². The molecular weight excluding hydrogens is 264 g/mol. The van der Waals surface area contributed by atoms with Crippen LogP contribution in [0, 0.1) is 0 Å². The minimum Gasteiger partial charge on any atom is -0.444 e. The Labute approximate surface area is 127 Å². The van der Waals surface area contributed by atoms with Crippen molar-refractivity contribution in [3.63, 3.8) is 0 Å². The van der Waals surface area contributed by atoms with Crippen LogP contribution in [0.5, 0.6) is 0 Å². The van der Waals surface area contributed by atoms with Gasteiger partial charge in [0.2, 0.25) is 0 Å². The number of hydrogen-bond acceptors (Lipinski definition) is 3. The van der Waals surface area contributed by atoms with E-state index in [1.165, 1.54) is 18.4 Å². The minimum atomic E-state index is -0.455. The van der Waals surface area contributed by atoms with Gasteiger partial charge in [-0.15, -0.1) is 0 Å². The molecule has 1 heterocycles. The van der Waals surface area contributed by atoms with Crippen molar-refractivity contribution in [3.8, 4) is 0 Å². The fourth-order valence-electron chi connectivity index (χ4n) is 2.55. The Bertz CT molecular complexity index is 457. The third-order valence-electron chi connectivity index (χ3n) is 3.63. The smallest absolute Gasteiger partial charge is 0.407 e. The van der Waals surface area contributed by atoms with Crippen molar-refractivity contribution in [1.29, 1.82) is 0 Å². The zero-order chi connectivity index (χ0) is 15.3. The zero-order valence-electron chi connectivity index (χ0n) is 13.2. The molecule has 0 spiro atoms. The molecule has 21 heavy (non-hydrogen) atoms. The Morgan fingerprint density at radius 1 is 1.24 bits per heavy atom. The number of alkyl carbamates (subject to hydrolysis) is 1. The third-order valence-corrected chi connectivity index (χ3v) is 3.63. The molecule has 1 aromatic rings. The second-order valence-electron chi connectivity index (χ2n) is 6.62. The summed E-state index contributed by atoms with van der Waals surface area (Å²) in [5.41, 5.74) is 2.04. The number of benzene rings is 1. The molecular formula is C17H26N2O2. The Kier molecular flexibility index (Phi) is 5.23. The molecule has 1 aliphatic rings. The predicted octanol–water partition coefficient (Wildman–Crippen LogP) is 3.18. The number of amides is 1. The third kappa shape index (κ3) is 5.38. The second kappa shape index (κ2) is 6.94. The number of rotatable bonds is 3. The standard InChI is InChI=1S/C17H26N2O2/c1-17(2,3)21-16(20)19-12-13-4-6-14(7-5-13)15-8-10-18-11-9-15/h4-7,15,18H,8-12H2,1-3H3,(H,19,20). The Morgan fingerprint density at radius 2 is 1.86 bits per heavy atom. The molecule has 0 aromatic heterocycles. The van der Waals surface area contributed by atoms with E-state index in [0.29, 0.717) is 12.5 Å². The molecule has 2 N–H and O–H groups in total. The molecule has 2 rings (SSSR count). The quantitative estimate of drug-likeness (QED) is 0.899. The summed E-state index contributed by atoms with van der Waals surface area (Å²) in [6, 6.07) is 8.55. The van der Waals surface area contributed by atoms with Crippen molar-refractivity contribution < 1.29 is 9.53 Å². The summed E-state index contributed by atoms with van der Waals surface area (Å²) in [4.78, 5) is 11.6.